The lowest BCUT2D eigenvalue weighted by Crippen LogP contribution is -2.49. The number of nitrogens with zero attached hydrogens (tertiary/aromatic N) is 2. The van der Waals surface area contributed by atoms with E-state index in [1.54, 1.807) is 31.3 Å². The Morgan fingerprint density at radius 1 is 1.31 bits per heavy atom. The molecular weight excluding hydrogens is 340 g/mol. The molecule has 1 N–H and O–H groups in total. The predicted molar refractivity (Wildman–Crippen MR) is 97.0 cm³/mol. The van der Waals surface area contributed by atoms with E-state index in [0.29, 0.717) is 19.5 Å². The second-order valence-electron chi connectivity index (χ2n) is 5.54. The Labute approximate surface area is 151 Å². The molecule has 1 atom stereocenters. The molecule has 0 aliphatic carbocycles. The van der Waals surface area contributed by atoms with Crippen LogP contribution in [0.2, 0.25) is 0 Å². The molecule has 1 unspecified atom stereocenters. The number of carbonyl (C=O) groups excluding carboxylic acids is 1. The highest BCUT2D eigenvalue weighted by atomic mass is 16.5. The van der Waals surface area contributed by atoms with Gasteiger partial charge in [-0.2, -0.15) is 0 Å². The van der Waals surface area contributed by atoms with Gasteiger partial charge in [0.15, 0.2) is 11.4 Å². The van der Waals surface area contributed by atoms with E-state index >= 15 is 0 Å². The first-order valence-corrected chi connectivity index (χ1v) is 7.85. The van der Waals surface area contributed by atoms with Crippen LogP contribution in [0.4, 0.5) is 0 Å². The van der Waals surface area contributed by atoms with E-state index in [9.17, 15) is 14.4 Å². The lowest BCUT2D eigenvalue weighted by molar-refractivity contribution is 0.0607. The molecule has 0 radical (unpaired) electrons. The number of fused-ring (bicyclic) bond motifs is 1. The number of amides is 1. The number of hydrogen-bond donors (Lipinski definition) is 1. The van der Waals surface area contributed by atoms with Gasteiger partial charge in [0.25, 0.3) is 5.91 Å². The minimum atomic E-state index is -1.36. The Bertz CT molecular complexity index is 753. The number of aromatic carboxylic acids is 1. The van der Waals surface area contributed by atoms with E-state index in [4.69, 9.17) is 9.84 Å². The lowest BCUT2D eigenvalue weighted by atomic mass is 10.1. The molecule has 0 saturated heterocycles. The van der Waals surface area contributed by atoms with Gasteiger partial charge in [0.1, 0.15) is 5.56 Å². The number of pyridine rings is 1. The van der Waals surface area contributed by atoms with Crippen LogP contribution in [0.25, 0.3) is 0 Å². The molecule has 2 rings (SSSR count). The summed E-state index contributed by atoms with van der Waals surface area (Å²) in [6.45, 7) is 7.98. The second-order valence-corrected chi connectivity index (χ2v) is 5.54. The standard InChI is InChI=1S/C16H18N2O5.C2H6O/c1-4-6-10-8-17-9-11(16(21)22)13(19)14(23-3)12(17)15(20)18(10)7-5-2;1-3-2/h4-5,9-10H,1-2,6-8H2,3H3,(H,21,22);1-2H3. The zero-order valence-electron chi connectivity index (χ0n) is 15.2. The van der Waals surface area contributed by atoms with Crippen molar-refractivity contribution in [1.82, 2.24) is 9.47 Å². The Kier molecular flexibility index (Phi) is 7.79. The van der Waals surface area contributed by atoms with Crippen LogP contribution >= 0.6 is 0 Å². The Morgan fingerprint density at radius 3 is 2.38 bits per heavy atom. The largest absolute Gasteiger partial charge is 0.491 e. The van der Waals surface area contributed by atoms with Gasteiger partial charge in [-0.25, -0.2) is 4.79 Å². The van der Waals surface area contributed by atoms with Crippen molar-refractivity contribution in [2.24, 2.45) is 0 Å². The molecule has 1 aliphatic rings. The van der Waals surface area contributed by atoms with Gasteiger partial charge in [-0.15, -0.1) is 13.2 Å². The first kappa shape index (κ1) is 21.2. The normalized spacial score (nSPS) is 15.4. The van der Waals surface area contributed by atoms with Crippen molar-refractivity contribution in [3.8, 4) is 5.75 Å². The monoisotopic (exact) mass is 364 g/mol. The maximum atomic E-state index is 12.8. The van der Waals surface area contributed by atoms with Crippen LogP contribution in [0.5, 0.6) is 5.75 Å². The average molecular weight is 364 g/mol. The summed E-state index contributed by atoms with van der Waals surface area (Å²) in [6.07, 6.45) is 5.02. The molecule has 26 heavy (non-hydrogen) atoms. The molecule has 1 aromatic rings. The number of carboxylic acid groups (broad SMARTS) is 1. The zero-order chi connectivity index (χ0) is 19.9. The third-order valence-corrected chi connectivity index (χ3v) is 3.75. The van der Waals surface area contributed by atoms with E-state index in [0.717, 1.165) is 0 Å². The third kappa shape index (κ3) is 4.20. The van der Waals surface area contributed by atoms with Gasteiger partial charge in [0.05, 0.1) is 13.2 Å². The van der Waals surface area contributed by atoms with E-state index in [2.05, 4.69) is 17.9 Å². The summed E-state index contributed by atoms with van der Waals surface area (Å²) in [5, 5.41) is 9.16. The SMILES string of the molecule is C=CCC1Cn2cc(C(=O)O)c(=O)c(OC)c2C(=O)N1CC=C.COC. The molecule has 0 saturated carbocycles. The first-order chi connectivity index (χ1) is 12.4. The fourth-order valence-corrected chi connectivity index (χ4v) is 2.74. The summed E-state index contributed by atoms with van der Waals surface area (Å²) >= 11 is 0. The van der Waals surface area contributed by atoms with Crippen molar-refractivity contribution >= 4 is 11.9 Å². The highest BCUT2D eigenvalue weighted by Gasteiger charge is 2.35. The smallest absolute Gasteiger partial charge is 0.341 e. The van der Waals surface area contributed by atoms with Gasteiger partial charge in [-0.3, -0.25) is 9.59 Å². The Balaban J connectivity index is 0.00000105. The van der Waals surface area contributed by atoms with Crippen LogP contribution in [-0.2, 0) is 11.3 Å². The number of hydrogen-bond acceptors (Lipinski definition) is 5. The minimum absolute atomic E-state index is 0.0599. The topological polar surface area (TPSA) is 98.1 Å². The van der Waals surface area contributed by atoms with Crippen molar-refractivity contribution in [2.75, 3.05) is 27.9 Å². The number of ether oxygens (including phenoxy) is 2. The average Bonchev–Trinajstić information content (AvgIpc) is 2.59. The molecule has 8 nitrogen and oxygen atoms in total. The van der Waals surface area contributed by atoms with Gasteiger partial charge in [0, 0.05) is 33.5 Å². The lowest BCUT2D eigenvalue weighted by Gasteiger charge is -2.37. The molecular formula is C18H24N2O6. The molecule has 2 heterocycles. The molecule has 0 fully saturated rings. The molecule has 0 bridgehead atoms. The molecule has 1 aliphatic heterocycles. The highest BCUT2D eigenvalue weighted by Crippen LogP contribution is 2.25. The number of carboxylic acids is 1. The van der Waals surface area contributed by atoms with Crippen molar-refractivity contribution in [3.63, 3.8) is 0 Å². The Hall–Kier alpha value is -2.87. The number of methoxy groups -OCH3 is 2. The van der Waals surface area contributed by atoms with Gasteiger partial charge in [0.2, 0.25) is 5.43 Å². The minimum Gasteiger partial charge on any atom is -0.491 e. The van der Waals surface area contributed by atoms with E-state index in [-0.39, 0.29) is 17.5 Å². The van der Waals surface area contributed by atoms with Crippen LogP contribution in [0, 0.1) is 0 Å². The molecule has 8 heteroatoms. The van der Waals surface area contributed by atoms with Gasteiger partial charge >= 0.3 is 5.97 Å². The van der Waals surface area contributed by atoms with E-state index in [1.165, 1.54) is 17.9 Å². The molecule has 0 spiro atoms. The van der Waals surface area contributed by atoms with Gasteiger partial charge in [-0.1, -0.05) is 12.2 Å². The molecule has 142 valence electrons. The van der Waals surface area contributed by atoms with Crippen LogP contribution in [0.3, 0.4) is 0 Å². The van der Waals surface area contributed by atoms with Crippen LogP contribution < -0.4 is 10.2 Å². The quantitative estimate of drug-likeness (QED) is 0.767. The summed E-state index contributed by atoms with van der Waals surface area (Å²) in [5.41, 5.74) is -1.17. The predicted octanol–water partition coefficient (Wildman–Crippen LogP) is 1.40. The zero-order valence-corrected chi connectivity index (χ0v) is 15.2. The maximum absolute atomic E-state index is 12.8. The fourth-order valence-electron chi connectivity index (χ4n) is 2.74. The van der Waals surface area contributed by atoms with Crippen molar-refractivity contribution in [1.29, 1.82) is 0 Å². The summed E-state index contributed by atoms with van der Waals surface area (Å²) in [5.74, 6) is -2.00. The van der Waals surface area contributed by atoms with E-state index in [1.807, 2.05) is 0 Å². The van der Waals surface area contributed by atoms with Crippen molar-refractivity contribution in [2.45, 2.75) is 19.0 Å². The van der Waals surface area contributed by atoms with Crippen molar-refractivity contribution in [3.05, 3.63) is 53.0 Å². The summed E-state index contributed by atoms with van der Waals surface area (Å²) in [7, 11) is 4.49. The fraction of sp³-hybridized carbons (Fsp3) is 0.389. The molecule has 1 amide bonds. The molecule has 0 aromatic carbocycles. The van der Waals surface area contributed by atoms with Crippen LogP contribution in [0.1, 0.15) is 27.3 Å². The number of aromatic nitrogens is 1. The van der Waals surface area contributed by atoms with Crippen LogP contribution in [0.15, 0.2) is 36.3 Å². The third-order valence-electron chi connectivity index (χ3n) is 3.75. The van der Waals surface area contributed by atoms with Crippen LogP contribution in [-0.4, -0.2) is 60.4 Å². The second kappa shape index (κ2) is 9.57. The number of rotatable bonds is 6. The van der Waals surface area contributed by atoms with Gasteiger partial charge < -0.3 is 24.0 Å². The summed E-state index contributed by atoms with van der Waals surface area (Å²) < 4.78 is 10.8. The summed E-state index contributed by atoms with van der Waals surface area (Å²) in [6, 6.07) is -0.195. The van der Waals surface area contributed by atoms with Gasteiger partial charge in [-0.05, 0) is 6.42 Å². The van der Waals surface area contributed by atoms with E-state index < -0.39 is 22.9 Å². The maximum Gasteiger partial charge on any atom is 0.341 e. The Morgan fingerprint density at radius 2 is 1.92 bits per heavy atom. The number of carbonyl (C=O) groups is 2. The first-order valence-electron chi connectivity index (χ1n) is 7.85. The highest BCUT2D eigenvalue weighted by molar-refractivity contribution is 5.98. The molecule has 1 aromatic heterocycles. The summed E-state index contributed by atoms with van der Waals surface area (Å²) in [4.78, 5) is 37.8. The van der Waals surface area contributed by atoms with Crippen molar-refractivity contribution < 1.29 is 24.2 Å².